The Hall–Kier alpha value is -1.64. The molecule has 0 aliphatic heterocycles. The van der Waals surface area contributed by atoms with Crippen LogP contribution < -0.4 is 0 Å². The average molecular weight is 268 g/mol. The molecule has 0 atom stereocenters. The van der Waals surface area contributed by atoms with Gasteiger partial charge in [-0.3, -0.25) is 0 Å². The average Bonchev–Trinajstić information content (AvgIpc) is 3.10. The van der Waals surface area contributed by atoms with Crippen LogP contribution in [0.4, 0.5) is 0 Å². The van der Waals surface area contributed by atoms with E-state index >= 15 is 0 Å². The molecule has 0 saturated heterocycles. The molecule has 0 aliphatic rings. The molecule has 0 bridgehead atoms. The third kappa shape index (κ3) is 2.45. The minimum Gasteiger partial charge on any atom is -0.144 e. The molecule has 0 saturated carbocycles. The van der Waals surface area contributed by atoms with Gasteiger partial charge in [0, 0.05) is 15.3 Å². The first-order chi connectivity index (χ1) is 8.93. The third-order valence-corrected chi connectivity index (χ3v) is 4.42. The Labute approximate surface area is 115 Å². The van der Waals surface area contributed by atoms with Crippen molar-refractivity contribution in [3.8, 4) is 0 Å². The van der Waals surface area contributed by atoms with Crippen LogP contribution in [0.3, 0.4) is 0 Å². The Balaban J connectivity index is 2.10. The number of rotatable bonds is 3. The Bertz CT molecular complexity index is 617. The quantitative estimate of drug-likeness (QED) is 0.596. The Morgan fingerprint density at radius 1 is 0.778 bits per heavy atom. The van der Waals surface area contributed by atoms with Crippen molar-refractivity contribution in [3.05, 3.63) is 80.7 Å². The van der Waals surface area contributed by atoms with Crippen LogP contribution in [-0.4, -0.2) is 0 Å². The van der Waals surface area contributed by atoms with E-state index < -0.39 is 0 Å². The zero-order valence-electron chi connectivity index (χ0n) is 9.74. The lowest BCUT2D eigenvalue weighted by molar-refractivity contribution is 1.62. The summed E-state index contributed by atoms with van der Waals surface area (Å²) in [5, 5.41) is 4.24. The van der Waals surface area contributed by atoms with E-state index in [1.807, 2.05) is 0 Å². The maximum atomic E-state index is 2.27. The summed E-state index contributed by atoms with van der Waals surface area (Å²) in [6.07, 6.45) is 2.27. The SMILES string of the molecule is C(=C(\c1ccccc1)c1cccs1)/c1cccs1. The van der Waals surface area contributed by atoms with Crippen LogP contribution in [-0.2, 0) is 0 Å². The summed E-state index contributed by atoms with van der Waals surface area (Å²) >= 11 is 3.56. The van der Waals surface area contributed by atoms with Gasteiger partial charge < -0.3 is 0 Å². The van der Waals surface area contributed by atoms with Crippen LogP contribution in [0.2, 0.25) is 0 Å². The molecule has 0 amide bonds. The molecule has 0 fully saturated rings. The maximum absolute atomic E-state index is 2.27. The second-order valence-corrected chi connectivity index (χ2v) is 5.84. The van der Waals surface area contributed by atoms with Crippen molar-refractivity contribution >= 4 is 34.3 Å². The van der Waals surface area contributed by atoms with E-state index in [0.29, 0.717) is 0 Å². The van der Waals surface area contributed by atoms with Gasteiger partial charge in [-0.25, -0.2) is 0 Å². The van der Waals surface area contributed by atoms with Gasteiger partial charge in [0.05, 0.1) is 0 Å². The molecular weight excluding hydrogens is 256 g/mol. The summed E-state index contributed by atoms with van der Waals surface area (Å²) in [5.74, 6) is 0. The van der Waals surface area contributed by atoms with Gasteiger partial charge in [-0.1, -0.05) is 42.5 Å². The van der Waals surface area contributed by atoms with Gasteiger partial charge in [-0.2, -0.15) is 0 Å². The smallest absolute Gasteiger partial charge is 0.0349 e. The molecule has 0 nitrogen and oxygen atoms in total. The van der Waals surface area contributed by atoms with Crippen LogP contribution in [0.5, 0.6) is 0 Å². The van der Waals surface area contributed by atoms with E-state index in [0.717, 1.165) is 0 Å². The molecular formula is C16H12S2. The highest BCUT2D eigenvalue weighted by Crippen LogP contribution is 2.30. The molecule has 2 aromatic heterocycles. The largest absolute Gasteiger partial charge is 0.144 e. The highest BCUT2D eigenvalue weighted by molar-refractivity contribution is 7.12. The number of thiophene rings is 2. The van der Waals surface area contributed by atoms with Gasteiger partial charge in [0.15, 0.2) is 0 Å². The van der Waals surface area contributed by atoms with Gasteiger partial charge in [0.2, 0.25) is 0 Å². The minimum atomic E-state index is 1.27. The zero-order chi connectivity index (χ0) is 12.2. The predicted molar refractivity (Wildman–Crippen MR) is 82.1 cm³/mol. The maximum Gasteiger partial charge on any atom is 0.0349 e. The lowest BCUT2D eigenvalue weighted by Crippen LogP contribution is -1.83. The second kappa shape index (κ2) is 5.34. The first-order valence-corrected chi connectivity index (χ1v) is 7.54. The standard InChI is InChI=1S/C16H12S2/c1-2-6-13(7-3-1)15(16-9-5-11-18-16)12-14-8-4-10-17-14/h1-12H/b15-12-. The molecule has 0 N–H and O–H groups in total. The van der Waals surface area contributed by atoms with Gasteiger partial charge >= 0.3 is 0 Å². The first-order valence-electron chi connectivity index (χ1n) is 5.78. The molecule has 0 unspecified atom stereocenters. The van der Waals surface area contributed by atoms with E-state index in [-0.39, 0.29) is 0 Å². The summed E-state index contributed by atoms with van der Waals surface area (Å²) in [6, 6.07) is 19.1. The summed E-state index contributed by atoms with van der Waals surface area (Å²) in [6.45, 7) is 0. The zero-order valence-corrected chi connectivity index (χ0v) is 11.4. The highest BCUT2D eigenvalue weighted by atomic mass is 32.1. The second-order valence-electron chi connectivity index (χ2n) is 3.92. The monoisotopic (exact) mass is 268 g/mol. The van der Waals surface area contributed by atoms with Crippen molar-refractivity contribution in [1.29, 1.82) is 0 Å². The molecule has 3 aromatic rings. The van der Waals surface area contributed by atoms with Crippen molar-refractivity contribution in [1.82, 2.24) is 0 Å². The van der Waals surface area contributed by atoms with Gasteiger partial charge in [0.25, 0.3) is 0 Å². The molecule has 88 valence electrons. The molecule has 2 heteroatoms. The summed E-state index contributed by atoms with van der Waals surface area (Å²) in [4.78, 5) is 2.61. The Morgan fingerprint density at radius 3 is 2.22 bits per heavy atom. The molecule has 0 aliphatic carbocycles. The number of hydrogen-bond acceptors (Lipinski definition) is 2. The van der Waals surface area contributed by atoms with Crippen molar-refractivity contribution in [2.24, 2.45) is 0 Å². The van der Waals surface area contributed by atoms with Crippen molar-refractivity contribution < 1.29 is 0 Å². The topological polar surface area (TPSA) is 0 Å². The molecule has 1 aromatic carbocycles. The fraction of sp³-hybridized carbons (Fsp3) is 0. The van der Waals surface area contributed by atoms with Gasteiger partial charge in [-0.05, 0) is 34.5 Å². The fourth-order valence-electron chi connectivity index (χ4n) is 1.86. The number of hydrogen-bond donors (Lipinski definition) is 0. The predicted octanol–water partition coefficient (Wildman–Crippen LogP) is 5.40. The van der Waals surface area contributed by atoms with Crippen LogP contribution in [0.25, 0.3) is 11.6 Å². The fourth-order valence-corrected chi connectivity index (χ4v) is 3.28. The van der Waals surface area contributed by atoms with Crippen LogP contribution in [0.15, 0.2) is 65.4 Å². The van der Waals surface area contributed by atoms with Gasteiger partial charge in [-0.15, -0.1) is 22.7 Å². The van der Waals surface area contributed by atoms with Crippen molar-refractivity contribution in [2.45, 2.75) is 0 Å². The molecule has 18 heavy (non-hydrogen) atoms. The molecule has 0 spiro atoms. The Kier molecular flexibility index (Phi) is 3.40. The lowest BCUT2D eigenvalue weighted by Gasteiger charge is -2.05. The van der Waals surface area contributed by atoms with Crippen LogP contribution >= 0.6 is 22.7 Å². The molecule has 3 rings (SSSR count). The summed E-state index contributed by atoms with van der Waals surface area (Å²) in [5.41, 5.74) is 2.57. The van der Waals surface area contributed by atoms with Crippen molar-refractivity contribution in [2.75, 3.05) is 0 Å². The van der Waals surface area contributed by atoms with Crippen molar-refractivity contribution in [3.63, 3.8) is 0 Å². The van der Waals surface area contributed by atoms with Crippen LogP contribution in [0, 0.1) is 0 Å². The highest BCUT2D eigenvalue weighted by Gasteiger charge is 2.06. The molecule has 0 radical (unpaired) electrons. The first kappa shape index (κ1) is 11.5. The van der Waals surface area contributed by atoms with Gasteiger partial charge in [0.1, 0.15) is 0 Å². The van der Waals surface area contributed by atoms with E-state index in [9.17, 15) is 0 Å². The van der Waals surface area contributed by atoms with E-state index in [4.69, 9.17) is 0 Å². The third-order valence-electron chi connectivity index (χ3n) is 2.70. The number of benzene rings is 1. The Morgan fingerprint density at radius 2 is 1.56 bits per heavy atom. The minimum absolute atomic E-state index is 1.27. The summed E-state index contributed by atoms with van der Waals surface area (Å²) in [7, 11) is 0. The van der Waals surface area contributed by atoms with Crippen LogP contribution in [0.1, 0.15) is 15.3 Å². The van der Waals surface area contributed by atoms with E-state index in [2.05, 4.69) is 71.4 Å². The normalized spacial score (nSPS) is 11.7. The lowest BCUT2D eigenvalue weighted by atomic mass is 10.0. The molecule has 2 heterocycles. The van der Waals surface area contributed by atoms with E-state index in [1.165, 1.54) is 20.9 Å². The van der Waals surface area contributed by atoms with E-state index in [1.54, 1.807) is 22.7 Å². The summed E-state index contributed by atoms with van der Waals surface area (Å²) < 4.78 is 0.